The van der Waals surface area contributed by atoms with Crippen molar-refractivity contribution < 1.29 is 13.9 Å². The fraction of sp³-hybridized carbons (Fsp3) is 0.138. The first-order chi connectivity index (χ1) is 19.6. The van der Waals surface area contributed by atoms with Crippen molar-refractivity contribution in [2.45, 2.75) is 6.54 Å². The van der Waals surface area contributed by atoms with E-state index < -0.39 is 5.82 Å². The zero-order chi connectivity index (χ0) is 27.5. The number of aromatic amines is 1. The Balaban J connectivity index is 1.18. The number of pyridine rings is 2. The number of halogens is 2. The first kappa shape index (κ1) is 26.1. The Hall–Kier alpha value is -4.09. The first-order valence-corrected chi connectivity index (χ1v) is 13.7. The monoisotopic (exact) mass is 574 g/mol. The molecule has 8 nitrogen and oxygen atoms in total. The Morgan fingerprint density at radius 1 is 1.00 bits per heavy atom. The van der Waals surface area contributed by atoms with Gasteiger partial charge in [0, 0.05) is 55.4 Å². The molecule has 0 atom stereocenters. The fourth-order valence-electron chi connectivity index (χ4n) is 4.16. The highest BCUT2D eigenvalue weighted by atomic mass is 35.5. The maximum Gasteiger partial charge on any atom is 0.205 e. The van der Waals surface area contributed by atoms with Gasteiger partial charge in [0.05, 0.1) is 38.4 Å². The van der Waals surface area contributed by atoms with Crippen molar-refractivity contribution in [3.8, 4) is 22.1 Å². The van der Waals surface area contributed by atoms with Gasteiger partial charge in [-0.25, -0.2) is 9.37 Å². The molecule has 0 aliphatic rings. The van der Waals surface area contributed by atoms with Crippen molar-refractivity contribution in [1.82, 2.24) is 25.3 Å². The summed E-state index contributed by atoms with van der Waals surface area (Å²) < 4.78 is 27.0. The lowest BCUT2D eigenvalue weighted by atomic mass is 10.2. The number of methoxy groups -OCH3 is 1. The number of ether oxygens (including phenoxy) is 2. The van der Waals surface area contributed by atoms with Crippen molar-refractivity contribution in [1.29, 1.82) is 0 Å². The quantitative estimate of drug-likeness (QED) is 0.148. The Kier molecular flexibility index (Phi) is 7.56. The summed E-state index contributed by atoms with van der Waals surface area (Å²) in [6, 6.07) is 17.8. The van der Waals surface area contributed by atoms with E-state index in [1.165, 1.54) is 17.4 Å². The number of fused-ring (bicyclic) bond motifs is 2. The van der Waals surface area contributed by atoms with E-state index in [1.54, 1.807) is 43.6 Å². The average molecular weight is 575 g/mol. The van der Waals surface area contributed by atoms with Crippen LogP contribution in [0.25, 0.3) is 31.8 Å². The second kappa shape index (κ2) is 11.6. The molecule has 202 valence electrons. The molecule has 0 unspecified atom stereocenters. The molecule has 11 heteroatoms. The third kappa shape index (κ3) is 5.75. The molecule has 0 spiro atoms. The highest BCUT2D eigenvalue weighted by molar-refractivity contribution is 7.22. The van der Waals surface area contributed by atoms with Gasteiger partial charge < -0.3 is 25.1 Å². The van der Waals surface area contributed by atoms with Crippen molar-refractivity contribution in [3.05, 3.63) is 89.5 Å². The van der Waals surface area contributed by atoms with E-state index in [0.29, 0.717) is 34.5 Å². The van der Waals surface area contributed by atoms with Gasteiger partial charge in [-0.3, -0.25) is 9.97 Å². The molecule has 0 aliphatic heterocycles. The Bertz CT molecular complexity index is 1790. The summed E-state index contributed by atoms with van der Waals surface area (Å²) in [5, 5.41) is 6.99. The molecule has 4 heterocycles. The van der Waals surface area contributed by atoms with Crippen LogP contribution < -0.4 is 15.4 Å². The lowest BCUT2D eigenvalue weighted by molar-refractivity contribution is 0.199. The first-order valence-electron chi connectivity index (χ1n) is 12.5. The molecule has 2 aromatic carbocycles. The van der Waals surface area contributed by atoms with Crippen LogP contribution in [-0.4, -0.2) is 40.2 Å². The molecule has 0 saturated carbocycles. The van der Waals surface area contributed by atoms with Crippen LogP contribution in [0, 0.1) is 5.82 Å². The van der Waals surface area contributed by atoms with Gasteiger partial charge in [0.25, 0.3) is 0 Å². The van der Waals surface area contributed by atoms with Gasteiger partial charge in [0.1, 0.15) is 5.75 Å². The number of nitrogens with one attached hydrogen (secondary N) is 3. The second-order valence-electron chi connectivity index (χ2n) is 8.97. The van der Waals surface area contributed by atoms with Crippen LogP contribution in [0.2, 0.25) is 5.02 Å². The van der Waals surface area contributed by atoms with Crippen LogP contribution in [0.4, 0.5) is 16.0 Å². The molecule has 0 aliphatic carbocycles. The van der Waals surface area contributed by atoms with Crippen LogP contribution in [-0.2, 0) is 11.3 Å². The summed E-state index contributed by atoms with van der Waals surface area (Å²) in [6.07, 6.45) is 3.51. The molecule has 4 aromatic heterocycles. The molecule has 0 amide bonds. The summed E-state index contributed by atoms with van der Waals surface area (Å²) >= 11 is 7.54. The van der Waals surface area contributed by atoms with E-state index in [4.69, 9.17) is 21.1 Å². The number of aromatic nitrogens is 4. The molecule has 0 saturated heterocycles. The third-order valence-electron chi connectivity index (χ3n) is 6.12. The number of H-pyrrole nitrogens is 1. The van der Waals surface area contributed by atoms with E-state index in [1.807, 2.05) is 30.5 Å². The van der Waals surface area contributed by atoms with Gasteiger partial charge in [-0.05, 0) is 48.0 Å². The number of hydrogen-bond donors (Lipinski definition) is 3. The molecule has 6 rings (SSSR count). The van der Waals surface area contributed by atoms with Gasteiger partial charge in [-0.2, -0.15) is 0 Å². The van der Waals surface area contributed by atoms with Gasteiger partial charge >= 0.3 is 0 Å². The Morgan fingerprint density at radius 3 is 2.75 bits per heavy atom. The molecule has 0 bridgehead atoms. The minimum absolute atomic E-state index is 0.104. The molecule has 0 fully saturated rings. The van der Waals surface area contributed by atoms with Gasteiger partial charge in [0.15, 0.2) is 11.6 Å². The Morgan fingerprint density at radius 2 is 1.93 bits per heavy atom. The average Bonchev–Trinajstić information content (AvgIpc) is 3.57. The number of nitrogens with zero attached hydrogens (tertiary/aromatic N) is 3. The zero-order valence-corrected chi connectivity index (χ0v) is 22.9. The highest BCUT2D eigenvalue weighted by Crippen LogP contribution is 2.39. The maximum absolute atomic E-state index is 15.1. The Labute approximate surface area is 238 Å². The summed E-state index contributed by atoms with van der Waals surface area (Å²) in [6.45, 7) is 2.16. The van der Waals surface area contributed by atoms with Crippen LogP contribution in [0.15, 0.2) is 73.1 Å². The summed E-state index contributed by atoms with van der Waals surface area (Å²) in [5.74, 6) is 0.598. The van der Waals surface area contributed by atoms with Crippen molar-refractivity contribution >= 4 is 55.8 Å². The predicted octanol–water partition coefficient (Wildman–Crippen LogP) is 7.30. The van der Waals surface area contributed by atoms with Crippen LogP contribution in [0.1, 0.15) is 5.56 Å². The summed E-state index contributed by atoms with van der Waals surface area (Å²) in [4.78, 5) is 17.6. The number of anilines is 2. The topological polar surface area (TPSA) is 97.0 Å². The van der Waals surface area contributed by atoms with Gasteiger partial charge in [-0.15, -0.1) is 11.3 Å². The summed E-state index contributed by atoms with van der Waals surface area (Å²) in [5.41, 5.74) is 4.74. The molecular weight excluding hydrogens is 551 g/mol. The normalized spacial score (nSPS) is 11.4. The lowest BCUT2D eigenvalue weighted by Crippen LogP contribution is -2.18. The molecule has 6 aromatic rings. The van der Waals surface area contributed by atoms with Crippen molar-refractivity contribution in [3.63, 3.8) is 0 Å². The predicted molar refractivity (Wildman–Crippen MR) is 157 cm³/mol. The number of rotatable bonds is 10. The van der Waals surface area contributed by atoms with Crippen LogP contribution >= 0.6 is 22.9 Å². The van der Waals surface area contributed by atoms with E-state index in [9.17, 15) is 0 Å². The molecule has 40 heavy (non-hydrogen) atoms. The van der Waals surface area contributed by atoms with Gasteiger partial charge in [-0.1, -0.05) is 17.7 Å². The number of hydrogen-bond acceptors (Lipinski definition) is 8. The highest BCUT2D eigenvalue weighted by Gasteiger charge is 2.14. The third-order valence-corrected chi connectivity index (χ3v) is 7.52. The van der Waals surface area contributed by atoms with E-state index in [0.717, 1.165) is 45.0 Å². The fourth-order valence-corrected chi connectivity index (χ4v) is 5.37. The number of benzene rings is 2. The number of imidazole rings is 1. The summed E-state index contributed by atoms with van der Waals surface area (Å²) in [7, 11) is 1.68. The largest absolute Gasteiger partial charge is 0.453 e. The maximum atomic E-state index is 15.1. The van der Waals surface area contributed by atoms with E-state index in [2.05, 4.69) is 30.6 Å². The van der Waals surface area contributed by atoms with Gasteiger partial charge in [0.2, 0.25) is 5.95 Å². The number of thiophene rings is 1. The lowest BCUT2D eigenvalue weighted by Gasteiger charge is -2.09. The van der Waals surface area contributed by atoms with E-state index >= 15 is 4.39 Å². The standard InChI is InChI=1S/C29H24ClFN6O2S/c1-38-11-10-32-15-17-2-5-22(34-16-17)27-14-24-28(40-27)26(8-9-33-24)39-25-7-4-19(13-20(25)31)35-29-36-21-6-3-18(30)12-23(21)37-29/h2-9,12-14,16,32H,10-11,15H2,1H3,(H2,35,36,37). The SMILES string of the molecule is COCCNCc1ccc(-c2cc3nccc(Oc4ccc(Nc5nc6cc(Cl)ccc6[nH]5)cc4F)c3s2)nc1. The molecular formula is C29H24ClFN6O2S. The van der Waals surface area contributed by atoms with Crippen molar-refractivity contribution in [2.24, 2.45) is 0 Å². The zero-order valence-electron chi connectivity index (χ0n) is 21.4. The van der Waals surface area contributed by atoms with E-state index in [-0.39, 0.29) is 5.75 Å². The minimum Gasteiger partial charge on any atom is -0.453 e. The molecule has 3 N–H and O–H groups in total. The van der Waals surface area contributed by atoms with Crippen LogP contribution in [0.5, 0.6) is 11.5 Å². The smallest absolute Gasteiger partial charge is 0.205 e. The van der Waals surface area contributed by atoms with Crippen molar-refractivity contribution in [2.75, 3.05) is 25.6 Å². The second-order valence-corrected chi connectivity index (χ2v) is 10.5. The van der Waals surface area contributed by atoms with Crippen LogP contribution in [0.3, 0.4) is 0 Å². The molecule has 0 radical (unpaired) electrons. The minimum atomic E-state index is -0.512.